The molecule has 2 aliphatic heterocycles. The molecular formula is C17H24O5. The Morgan fingerprint density at radius 2 is 2.05 bits per heavy atom. The zero-order chi connectivity index (χ0) is 15.5. The van der Waals surface area contributed by atoms with Crippen LogP contribution in [0.1, 0.15) is 32.6 Å². The quantitative estimate of drug-likeness (QED) is 0.571. The molecule has 0 amide bonds. The van der Waals surface area contributed by atoms with Gasteiger partial charge in [0.1, 0.15) is 23.4 Å². The van der Waals surface area contributed by atoms with Crippen LogP contribution >= 0.6 is 0 Å². The molecule has 4 aliphatic rings. The normalized spacial score (nSPS) is 49.4. The number of hydrogen-bond acceptors (Lipinski definition) is 5. The number of rotatable bonds is 5. The second-order valence-electron chi connectivity index (χ2n) is 7.21. The molecule has 4 fully saturated rings. The molecule has 0 aromatic carbocycles. The van der Waals surface area contributed by atoms with Crippen LogP contribution in [-0.2, 0) is 23.7 Å². The number of carbonyl (C=O) groups excluding carboxylic acids is 1. The molecule has 2 aliphatic carbocycles. The molecule has 2 saturated carbocycles. The lowest BCUT2D eigenvalue weighted by Crippen LogP contribution is -2.58. The van der Waals surface area contributed by atoms with Crippen LogP contribution in [0.5, 0.6) is 0 Å². The summed E-state index contributed by atoms with van der Waals surface area (Å²) in [5.41, 5.74) is 0.876. The Bertz CT molecular complexity index is 517. The zero-order valence-corrected chi connectivity index (χ0v) is 13.5. The highest BCUT2D eigenvalue weighted by Gasteiger charge is 2.73. The minimum Gasteiger partial charge on any atom is -0.373 e. The Balaban J connectivity index is 1.56. The van der Waals surface area contributed by atoms with Gasteiger partial charge in [0.25, 0.3) is 0 Å². The van der Waals surface area contributed by atoms with Crippen molar-refractivity contribution in [3.8, 4) is 0 Å². The number of Topliss-reactive ketones (excluding diaryl/α,β-unsaturated/α-hetero) is 1. The van der Waals surface area contributed by atoms with E-state index in [4.69, 9.17) is 18.9 Å². The lowest BCUT2D eigenvalue weighted by atomic mass is 9.68. The number of ether oxygens (including phenoxy) is 4. The number of ketones is 1. The predicted octanol–water partition coefficient (Wildman–Crippen LogP) is 1.64. The summed E-state index contributed by atoms with van der Waals surface area (Å²) in [5, 5.41) is 0. The second kappa shape index (κ2) is 4.87. The fourth-order valence-electron chi connectivity index (χ4n) is 4.21. The van der Waals surface area contributed by atoms with Crippen LogP contribution in [0.15, 0.2) is 11.6 Å². The van der Waals surface area contributed by atoms with Gasteiger partial charge in [-0.15, -0.1) is 0 Å². The van der Waals surface area contributed by atoms with Crippen molar-refractivity contribution in [2.45, 2.75) is 62.1 Å². The van der Waals surface area contributed by atoms with Crippen LogP contribution in [0.25, 0.3) is 0 Å². The summed E-state index contributed by atoms with van der Waals surface area (Å²) in [4.78, 5) is 12.6. The summed E-state index contributed by atoms with van der Waals surface area (Å²) < 4.78 is 22.8. The molecule has 2 saturated heterocycles. The molecule has 5 nitrogen and oxygen atoms in total. The fourth-order valence-corrected chi connectivity index (χ4v) is 4.21. The molecular weight excluding hydrogens is 284 g/mol. The molecule has 0 unspecified atom stereocenters. The number of allylic oxidation sites excluding steroid dienone is 1. The zero-order valence-electron chi connectivity index (χ0n) is 13.5. The lowest BCUT2D eigenvalue weighted by molar-refractivity contribution is -0.157. The van der Waals surface area contributed by atoms with Crippen LogP contribution in [0.4, 0.5) is 0 Å². The van der Waals surface area contributed by atoms with Gasteiger partial charge in [-0.05, 0) is 26.2 Å². The van der Waals surface area contributed by atoms with E-state index in [0.717, 1.165) is 6.42 Å². The first-order valence-corrected chi connectivity index (χ1v) is 8.13. The number of epoxide rings is 2. The van der Waals surface area contributed by atoms with E-state index in [2.05, 4.69) is 13.0 Å². The van der Waals surface area contributed by atoms with Crippen LogP contribution in [-0.4, -0.2) is 56.1 Å². The van der Waals surface area contributed by atoms with E-state index in [-0.39, 0.29) is 29.0 Å². The standard InChI is InChI=1S/C17H24O5/c1-16(12(22-16)7-6-10-4-5-10)15-14(20-3)13(18)11(19-2)8-17(15)9-21-17/h6,11-12,14-15H,4-5,7-9H2,1-3H3/t11-,12+,14+,15+,16-,17-/m0/s1. The van der Waals surface area contributed by atoms with Crippen molar-refractivity contribution in [3.63, 3.8) is 0 Å². The molecule has 0 aromatic heterocycles. The van der Waals surface area contributed by atoms with Gasteiger partial charge in [0.05, 0.1) is 18.6 Å². The predicted molar refractivity (Wildman–Crippen MR) is 78.6 cm³/mol. The van der Waals surface area contributed by atoms with E-state index < -0.39 is 12.2 Å². The summed E-state index contributed by atoms with van der Waals surface area (Å²) in [6.07, 6.45) is 5.51. The van der Waals surface area contributed by atoms with Crippen molar-refractivity contribution in [3.05, 3.63) is 11.6 Å². The third-order valence-electron chi connectivity index (χ3n) is 5.81. The SMILES string of the molecule is CO[C@H]1C[C@]2(CO2)[C@@H]([C@@]2(C)O[C@@H]2CC=C2CC2)[C@H](OC)C1=O. The van der Waals surface area contributed by atoms with Crippen molar-refractivity contribution >= 4 is 5.78 Å². The third-order valence-corrected chi connectivity index (χ3v) is 5.81. The summed E-state index contributed by atoms with van der Waals surface area (Å²) >= 11 is 0. The van der Waals surface area contributed by atoms with E-state index in [0.29, 0.717) is 13.0 Å². The fraction of sp³-hybridized carbons (Fsp3) is 0.824. The topological polar surface area (TPSA) is 60.6 Å². The molecule has 0 bridgehead atoms. The maximum atomic E-state index is 12.6. The maximum Gasteiger partial charge on any atom is 0.190 e. The first kappa shape index (κ1) is 14.8. The first-order chi connectivity index (χ1) is 10.5. The van der Waals surface area contributed by atoms with E-state index >= 15 is 0 Å². The van der Waals surface area contributed by atoms with Crippen molar-refractivity contribution in [2.75, 3.05) is 20.8 Å². The minimum atomic E-state index is -0.509. The second-order valence-corrected chi connectivity index (χ2v) is 7.21. The van der Waals surface area contributed by atoms with Gasteiger partial charge < -0.3 is 18.9 Å². The molecule has 0 aromatic rings. The average Bonchev–Trinajstić information content (AvgIpc) is 3.37. The number of methoxy groups -OCH3 is 2. The summed E-state index contributed by atoms with van der Waals surface area (Å²) in [6, 6.07) is 0. The van der Waals surface area contributed by atoms with Gasteiger partial charge in [-0.2, -0.15) is 0 Å². The van der Waals surface area contributed by atoms with Gasteiger partial charge in [-0.3, -0.25) is 4.79 Å². The minimum absolute atomic E-state index is 0.0205. The molecule has 4 rings (SSSR count). The molecule has 0 N–H and O–H groups in total. The smallest absolute Gasteiger partial charge is 0.190 e. The van der Waals surface area contributed by atoms with E-state index in [1.807, 2.05) is 0 Å². The molecule has 0 radical (unpaired) electrons. The highest BCUT2D eigenvalue weighted by atomic mass is 16.6. The van der Waals surface area contributed by atoms with Crippen molar-refractivity contribution in [2.24, 2.45) is 5.92 Å². The Kier molecular flexibility index (Phi) is 3.28. The lowest BCUT2D eigenvalue weighted by Gasteiger charge is -2.40. The van der Waals surface area contributed by atoms with Gasteiger partial charge in [-0.25, -0.2) is 0 Å². The Morgan fingerprint density at radius 1 is 1.32 bits per heavy atom. The van der Waals surface area contributed by atoms with Crippen molar-refractivity contribution in [1.29, 1.82) is 0 Å². The largest absolute Gasteiger partial charge is 0.373 e. The highest BCUT2D eigenvalue weighted by molar-refractivity contribution is 5.89. The molecule has 22 heavy (non-hydrogen) atoms. The van der Waals surface area contributed by atoms with Gasteiger partial charge >= 0.3 is 0 Å². The highest BCUT2D eigenvalue weighted by Crippen LogP contribution is 2.59. The van der Waals surface area contributed by atoms with E-state index in [1.54, 1.807) is 14.2 Å². The Labute approximate surface area is 130 Å². The summed E-state index contributed by atoms with van der Waals surface area (Å²) in [6.45, 7) is 2.76. The van der Waals surface area contributed by atoms with Crippen LogP contribution < -0.4 is 0 Å². The number of carbonyl (C=O) groups is 1. The van der Waals surface area contributed by atoms with Crippen LogP contribution in [0.2, 0.25) is 0 Å². The first-order valence-electron chi connectivity index (χ1n) is 8.13. The maximum absolute atomic E-state index is 12.6. The summed E-state index contributed by atoms with van der Waals surface area (Å²) in [5.74, 6) is -0.0290. The Morgan fingerprint density at radius 3 is 2.59 bits per heavy atom. The van der Waals surface area contributed by atoms with Crippen molar-refractivity contribution in [1.82, 2.24) is 0 Å². The van der Waals surface area contributed by atoms with Crippen LogP contribution in [0, 0.1) is 5.92 Å². The monoisotopic (exact) mass is 308 g/mol. The van der Waals surface area contributed by atoms with Gasteiger partial charge in [0, 0.05) is 20.6 Å². The Hall–Kier alpha value is -0.750. The third kappa shape index (κ3) is 2.18. The average molecular weight is 308 g/mol. The summed E-state index contributed by atoms with van der Waals surface area (Å²) in [7, 11) is 3.17. The van der Waals surface area contributed by atoms with Gasteiger partial charge in [0.15, 0.2) is 5.78 Å². The molecule has 122 valence electrons. The molecule has 2 heterocycles. The van der Waals surface area contributed by atoms with E-state index in [1.165, 1.54) is 18.4 Å². The molecule has 5 heteroatoms. The van der Waals surface area contributed by atoms with E-state index in [9.17, 15) is 4.79 Å². The molecule has 1 spiro atoms. The number of hydrogen-bond donors (Lipinski definition) is 0. The molecule has 6 atom stereocenters. The van der Waals surface area contributed by atoms with Gasteiger partial charge in [0.2, 0.25) is 0 Å². The van der Waals surface area contributed by atoms with Crippen LogP contribution in [0.3, 0.4) is 0 Å². The van der Waals surface area contributed by atoms with Crippen molar-refractivity contribution < 1.29 is 23.7 Å². The van der Waals surface area contributed by atoms with Gasteiger partial charge in [-0.1, -0.05) is 11.6 Å².